The lowest BCUT2D eigenvalue weighted by molar-refractivity contribution is 0.259. The number of halogens is 1. The molecule has 12 heteroatoms. The first kappa shape index (κ1) is 22.0. The van der Waals surface area contributed by atoms with Crippen molar-refractivity contribution in [2.75, 3.05) is 33.2 Å². The molecule has 0 saturated carbocycles. The zero-order valence-corrected chi connectivity index (χ0v) is 19.1. The Hall–Kier alpha value is -1.25. The van der Waals surface area contributed by atoms with Gasteiger partial charge in [0.25, 0.3) is 0 Å². The summed E-state index contributed by atoms with van der Waals surface area (Å²) in [4.78, 5) is 11.9. The van der Waals surface area contributed by atoms with Gasteiger partial charge in [0.05, 0.1) is 12.2 Å². The molecule has 1 aliphatic heterocycles. The van der Waals surface area contributed by atoms with E-state index in [2.05, 4.69) is 25.3 Å². The highest BCUT2D eigenvalue weighted by Crippen LogP contribution is 2.14. The summed E-state index contributed by atoms with van der Waals surface area (Å²) in [5.41, 5.74) is 0.420. The number of aryl methyl sites for hydroxylation is 1. The molecule has 0 amide bonds. The molecule has 27 heavy (non-hydrogen) atoms. The van der Waals surface area contributed by atoms with Crippen molar-refractivity contribution < 1.29 is 12.9 Å². The van der Waals surface area contributed by atoms with Crippen LogP contribution < -0.4 is 5.32 Å². The Morgan fingerprint density at radius 2 is 2.11 bits per heavy atom. The highest BCUT2D eigenvalue weighted by atomic mass is 127. The minimum absolute atomic E-state index is 0. The van der Waals surface area contributed by atoms with Gasteiger partial charge in [-0.2, -0.15) is 4.31 Å². The SMILES string of the molecule is CN=C(NCc1ncc(C)s1)N1CCN(S(=O)(=O)Cc2ccon2)CC1.I. The van der Waals surface area contributed by atoms with Gasteiger partial charge in [0.2, 0.25) is 10.0 Å². The Kier molecular flexibility index (Phi) is 8.00. The van der Waals surface area contributed by atoms with Crippen molar-refractivity contribution in [2.24, 2.45) is 4.99 Å². The average Bonchev–Trinajstić information content (AvgIpc) is 3.27. The molecule has 0 unspecified atom stereocenters. The fourth-order valence-corrected chi connectivity index (χ4v) is 4.89. The van der Waals surface area contributed by atoms with Crippen molar-refractivity contribution in [1.82, 2.24) is 24.7 Å². The van der Waals surface area contributed by atoms with Crippen LogP contribution in [0.2, 0.25) is 0 Å². The second-order valence-electron chi connectivity index (χ2n) is 5.90. The largest absolute Gasteiger partial charge is 0.364 e. The minimum atomic E-state index is -3.40. The van der Waals surface area contributed by atoms with Crippen molar-refractivity contribution in [2.45, 2.75) is 19.2 Å². The summed E-state index contributed by atoms with van der Waals surface area (Å²) >= 11 is 1.64. The molecule has 0 radical (unpaired) electrons. The van der Waals surface area contributed by atoms with E-state index in [1.165, 1.54) is 15.4 Å². The van der Waals surface area contributed by atoms with Gasteiger partial charge in [-0.25, -0.2) is 13.4 Å². The van der Waals surface area contributed by atoms with E-state index in [-0.39, 0.29) is 29.7 Å². The highest BCUT2D eigenvalue weighted by Gasteiger charge is 2.29. The summed E-state index contributed by atoms with van der Waals surface area (Å²) in [6, 6.07) is 1.57. The summed E-state index contributed by atoms with van der Waals surface area (Å²) in [5, 5.41) is 7.97. The molecule has 0 aliphatic carbocycles. The number of thiazole rings is 1. The Bertz CT molecular complexity index is 845. The topological polar surface area (TPSA) is 104 Å². The predicted molar refractivity (Wildman–Crippen MR) is 115 cm³/mol. The van der Waals surface area contributed by atoms with Crippen LogP contribution >= 0.6 is 35.3 Å². The van der Waals surface area contributed by atoms with E-state index >= 15 is 0 Å². The molecule has 1 N–H and O–H groups in total. The number of guanidine groups is 1. The molecule has 3 heterocycles. The van der Waals surface area contributed by atoms with Gasteiger partial charge in [0.15, 0.2) is 5.96 Å². The number of hydrogen-bond donors (Lipinski definition) is 1. The quantitative estimate of drug-likeness (QED) is 0.356. The molecule has 1 aliphatic rings. The van der Waals surface area contributed by atoms with Crippen LogP contribution in [0.5, 0.6) is 0 Å². The zero-order valence-electron chi connectivity index (χ0n) is 15.2. The molecule has 0 aromatic carbocycles. The molecule has 2 aromatic heterocycles. The number of aliphatic imine (C=N–C) groups is 1. The molecule has 1 saturated heterocycles. The Labute approximate surface area is 179 Å². The molecule has 9 nitrogen and oxygen atoms in total. The van der Waals surface area contributed by atoms with E-state index < -0.39 is 10.0 Å². The standard InChI is InChI=1S/C15H22N6O3S2.HI/c1-12-9-17-14(25-12)10-18-15(16-2)20-4-6-21(7-5-20)26(22,23)11-13-3-8-24-19-13;/h3,8-9H,4-7,10-11H2,1-2H3,(H,16,18);1H. The second kappa shape index (κ2) is 9.80. The van der Waals surface area contributed by atoms with E-state index in [1.807, 2.05) is 13.1 Å². The summed E-state index contributed by atoms with van der Waals surface area (Å²) in [7, 11) is -1.67. The third kappa shape index (κ3) is 5.86. The molecule has 3 rings (SSSR count). The van der Waals surface area contributed by atoms with Crippen LogP contribution in [0.1, 0.15) is 15.6 Å². The maximum absolute atomic E-state index is 12.5. The molecule has 150 valence electrons. The number of piperazine rings is 1. The molecule has 2 aromatic rings. The fourth-order valence-electron chi connectivity index (χ4n) is 2.74. The number of hydrogen-bond acceptors (Lipinski definition) is 7. The lowest BCUT2D eigenvalue weighted by Crippen LogP contribution is -2.53. The number of sulfonamides is 1. The van der Waals surface area contributed by atoms with Crippen molar-refractivity contribution in [1.29, 1.82) is 0 Å². The van der Waals surface area contributed by atoms with Crippen LogP contribution in [-0.4, -0.2) is 66.9 Å². The third-order valence-corrected chi connectivity index (χ3v) is 6.76. The maximum Gasteiger partial charge on any atom is 0.220 e. The molecule has 1 fully saturated rings. The van der Waals surface area contributed by atoms with Crippen LogP contribution in [0, 0.1) is 6.92 Å². The Morgan fingerprint density at radius 3 is 2.67 bits per heavy atom. The first-order valence-corrected chi connectivity index (χ1v) is 10.6. The van der Waals surface area contributed by atoms with E-state index in [1.54, 1.807) is 24.5 Å². The summed E-state index contributed by atoms with van der Waals surface area (Å²) < 4.78 is 31.2. The first-order valence-electron chi connectivity index (χ1n) is 8.22. The molecular formula is C15H23IN6O3S2. The highest BCUT2D eigenvalue weighted by molar-refractivity contribution is 14.0. The van der Waals surface area contributed by atoms with Gasteiger partial charge in [-0.3, -0.25) is 4.99 Å². The summed E-state index contributed by atoms with van der Waals surface area (Å²) in [5.74, 6) is 0.617. The predicted octanol–water partition coefficient (Wildman–Crippen LogP) is 1.28. The second-order valence-corrected chi connectivity index (χ2v) is 9.19. The van der Waals surface area contributed by atoms with Gasteiger partial charge in [-0.15, -0.1) is 35.3 Å². The van der Waals surface area contributed by atoms with Crippen LogP contribution in [-0.2, 0) is 22.3 Å². The Balaban J connectivity index is 0.00000261. The van der Waals surface area contributed by atoms with Gasteiger partial charge < -0.3 is 14.7 Å². The fraction of sp³-hybridized carbons (Fsp3) is 0.533. The van der Waals surface area contributed by atoms with Crippen LogP contribution in [0.25, 0.3) is 0 Å². The number of nitrogens with zero attached hydrogens (tertiary/aromatic N) is 5. The maximum atomic E-state index is 12.5. The van der Waals surface area contributed by atoms with Crippen LogP contribution in [0.15, 0.2) is 28.0 Å². The number of aromatic nitrogens is 2. The average molecular weight is 526 g/mol. The van der Waals surface area contributed by atoms with Crippen LogP contribution in [0.3, 0.4) is 0 Å². The van der Waals surface area contributed by atoms with Gasteiger partial charge in [0, 0.05) is 50.4 Å². The Morgan fingerprint density at radius 1 is 1.37 bits per heavy atom. The lowest BCUT2D eigenvalue weighted by Gasteiger charge is -2.35. The van der Waals surface area contributed by atoms with Crippen molar-refractivity contribution >= 4 is 51.3 Å². The number of rotatable bonds is 5. The molecule has 0 bridgehead atoms. The van der Waals surface area contributed by atoms with E-state index in [4.69, 9.17) is 4.52 Å². The van der Waals surface area contributed by atoms with E-state index in [0.717, 1.165) is 11.0 Å². The minimum Gasteiger partial charge on any atom is -0.364 e. The zero-order chi connectivity index (χ0) is 18.6. The van der Waals surface area contributed by atoms with Crippen LogP contribution in [0.4, 0.5) is 0 Å². The van der Waals surface area contributed by atoms with Crippen molar-refractivity contribution in [3.8, 4) is 0 Å². The summed E-state index contributed by atoms with van der Waals surface area (Å²) in [6.07, 6.45) is 3.23. The monoisotopic (exact) mass is 526 g/mol. The number of nitrogens with one attached hydrogen (secondary N) is 1. The first-order chi connectivity index (χ1) is 12.5. The van der Waals surface area contributed by atoms with E-state index in [0.29, 0.717) is 38.4 Å². The molecule has 0 spiro atoms. The van der Waals surface area contributed by atoms with Crippen molar-refractivity contribution in [3.63, 3.8) is 0 Å². The van der Waals surface area contributed by atoms with Gasteiger partial charge in [-0.05, 0) is 6.92 Å². The van der Waals surface area contributed by atoms with E-state index in [9.17, 15) is 8.42 Å². The molecular weight excluding hydrogens is 503 g/mol. The smallest absolute Gasteiger partial charge is 0.220 e. The summed E-state index contributed by atoms with van der Waals surface area (Å²) in [6.45, 7) is 4.61. The normalized spacial score (nSPS) is 16.2. The van der Waals surface area contributed by atoms with Gasteiger partial charge >= 0.3 is 0 Å². The molecule has 0 atom stereocenters. The third-order valence-electron chi connectivity index (χ3n) is 4.03. The van der Waals surface area contributed by atoms with Gasteiger partial charge in [0.1, 0.15) is 17.0 Å². The van der Waals surface area contributed by atoms with Crippen molar-refractivity contribution in [3.05, 3.63) is 34.1 Å². The van der Waals surface area contributed by atoms with Gasteiger partial charge in [-0.1, -0.05) is 5.16 Å². The lowest BCUT2D eigenvalue weighted by atomic mass is 10.4.